The van der Waals surface area contributed by atoms with Crippen molar-refractivity contribution in [2.75, 3.05) is 18.4 Å². The Morgan fingerprint density at radius 3 is 2.96 bits per heavy atom. The molecule has 1 aliphatic rings. The molecule has 0 unspecified atom stereocenters. The fourth-order valence-corrected chi connectivity index (χ4v) is 2.90. The van der Waals surface area contributed by atoms with Crippen molar-refractivity contribution in [3.05, 3.63) is 54.3 Å². The second kappa shape index (κ2) is 8.34. The molecule has 0 spiro atoms. The number of rotatable bonds is 6. The summed E-state index contributed by atoms with van der Waals surface area (Å²) in [5, 5.41) is 12.0. The Morgan fingerprint density at radius 1 is 1.32 bits per heavy atom. The van der Waals surface area contributed by atoms with E-state index in [-0.39, 0.29) is 0 Å². The minimum Gasteiger partial charge on any atom is -0.478 e. The van der Waals surface area contributed by atoms with Crippen LogP contribution in [0.1, 0.15) is 24.2 Å². The van der Waals surface area contributed by atoms with Crippen LogP contribution in [-0.4, -0.2) is 50.1 Å². The van der Waals surface area contributed by atoms with Crippen LogP contribution in [0.2, 0.25) is 0 Å². The van der Waals surface area contributed by atoms with Crippen LogP contribution in [-0.2, 0) is 11.3 Å². The molecule has 7 heteroatoms. The summed E-state index contributed by atoms with van der Waals surface area (Å²) in [6.07, 6.45) is 9.71. The Labute approximate surface area is 146 Å². The molecule has 1 aliphatic heterocycles. The van der Waals surface area contributed by atoms with Crippen LogP contribution in [0.5, 0.6) is 0 Å². The minimum absolute atomic E-state index is 0.312. The number of piperidine rings is 1. The highest BCUT2D eigenvalue weighted by atomic mass is 16.4. The molecule has 3 rings (SSSR count). The fraction of sp³-hybridized carbons (Fsp3) is 0.333. The van der Waals surface area contributed by atoms with Gasteiger partial charge in [0.05, 0.1) is 23.8 Å². The summed E-state index contributed by atoms with van der Waals surface area (Å²) in [7, 11) is 0. The zero-order chi connectivity index (χ0) is 17.5. The molecule has 0 aromatic carbocycles. The number of nitrogens with one attached hydrogen (secondary N) is 1. The number of anilines is 1. The van der Waals surface area contributed by atoms with Gasteiger partial charge in [-0.05, 0) is 37.6 Å². The summed E-state index contributed by atoms with van der Waals surface area (Å²) in [5.74, 6) is -0.295. The van der Waals surface area contributed by atoms with Crippen molar-refractivity contribution in [1.82, 2.24) is 19.9 Å². The Balaban J connectivity index is 1.54. The molecule has 130 valence electrons. The monoisotopic (exact) mass is 339 g/mol. The Morgan fingerprint density at radius 2 is 2.24 bits per heavy atom. The predicted molar refractivity (Wildman–Crippen MR) is 94.9 cm³/mol. The highest BCUT2D eigenvalue weighted by Crippen LogP contribution is 2.16. The number of hydrogen-bond acceptors (Lipinski definition) is 6. The van der Waals surface area contributed by atoms with Crippen LogP contribution in [0.3, 0.4) is 0 Å². The number of carboxylic acid groups (broad SMARTS) is 1. The SMILES string of the molecule is O=C(O)C=Cc1cnc(N[C@@H]2CCCN(Cc3ccccn3)C2)cn1. The molecule has 0 saturated carbocycles. The minimum atomic E-state index is -1.00. The van der Waals surface area contributed by atoms with Gasteiger partial charge in [-0.3, -0.25) is 14.9 Å². The van der Waals surface area contributed by atoms with E-state index in [1.54, 1.807) is 12.4 Å². The summed E-state index contributed by atoms with van der Waals surface area (Å²) < 4.78 is 0. The molecular formula is C18H21N5O2. The number of carboxylic acids is 1. The zero-order valence-electron chi connectivity index (χ0n) is 13.9. The van der Waals surface area contributed by atoms with E-state index in [0.29, 0.717) is 17.6 Å². The lowest BCUT2D eigenvalue weighted by atomic mass is 10.1. The quantitative estimate of drug-likeness (QED) is 0.778. The van der Waals surface area contributed by atoms with Crippen molar-refractivity contribution < 1.29 is 9.90 Å². The maximum Gasteiger partial charge on any atom is 0.328 e. The normalized spacial score (nSPS) is 18.3. The first-order valence-electron chi connectivity index (χ1n) is 8.31. The summed E-state index contributed by atoms with van der Waals surface area (Å²) in [6, 6.07) is 6.30. The van der Waals surface area contributed by atoms with Crippen LogP contribution in [0.25, 0.3) is 6.08 Å². The van der Waals surface area contributed by atoms with Crippen molar-refractivity contribution in [3.63, 3.8) is 0 Å². The second-order valence-corrected chi connectivity index (χ2v) is 6.04. The molecule has 0 radical (unpaired) electrons. The van der Waals surface area contributed by atoms with Crippen LogP contribution in [0.15, 0.2) is 42.9 Å². The largest absolute Gasteiger partial charge is 0.478 e. The first-order chi connectivity index (χ1) is 12.2. The Kier molecular flexibility index (Phi) is 5.69. The van der Waals surface area contributed by atoms with Gasteiger partial charge in [0.2, 0.25) is 0 Å². The number of aromatic nitrogens is 3. The van der Waals surface area contributed by atoms with E-state index < -0.39 is 5.97 Å². The molecule has 0 amide bonds. The van der Waals surface area contributed by atoms with E-state index in [1.165, 1.54) is 6.08 Å². The maximum absolute atomic E-state index is 10.5. The molecule has 0 bridgehead atoms. The third kappa shape index (κ3) is 5.36. The van der Waals surface area contributed by atoms with Gasteiger partial charge in [-0.25, -0.2) is 9.78 Å². The van der Waals surface area contributed by atoms with E-state index in [9.17, 15) is 4.79 Å². The maximum atomic E-state index is 10.5. The number of carbonyl (C=O) groups is 1. The van der Waals surface area contributed by atoms with Crippen molar-refractivity contribution in [2.24, 2.45) is 0 Å². The Bertz CT molecular complexity index is 718. The third-order valence-corrected chi connectivity index (χ3v) is 4.04. The fourth-order valence-electron chi connectivity index (χ4n) is 2.90. The van der Waals surface area contributed by atoms with Crippen molar-refractivity contribution >= 4 is 17.9 Å². The van der Waals surface area contributed by atoms with E-state index in [0.717, 1.165) is 44.2 Å². The highest BCUT2D eigenvalue weighted by molar-refractivity contribution is 5.84. The van der Waals surface area contributed by atoms with Gasteiger partial charge in [0, 0.05) is 31.4 Å². The second-order valence-electron chi connectivity index (χ2n) is 6.04. The van der Waals surface area contributed by atoms with Crippen LogP contribution in [0.4, 0.5) is 5.82 Å². The highest BCUT2D eigenvalue weighted by Gasteiger charge is 2.20. The summed E-state index contributed by atoms with van der Waals surface area (Å²) in [6.45, 7) is 2.85. The van der Waals surface area contributed by atoms with Gasteiger partial charge < -0.3 is 10.4 Å². The predicted octanol–water partition coefficient (Wildman–Crippen LogP) is 2.05. The molecule has 2 aromatic rings. The van der Waals surface area contributed by atoms with Gasteiger partial charge in [0.25, 0.3) is 0 Å². The Hall–Kier alpha value is -2.80. The van der Waals surface area contributed by atoms with Crippen molar-refractivity contribution in [1.29, 1.82) is 0 Å². The summed E-state index contributed by atoms with van der Waals surface area (Å²) >= 11 is 0. The topological polar surface area (TPSA) is 91.2 Å². The molecule has 2 N–H and O–H groups in total. The standard InChI is InChI=1S/C18H21N5O2/c24-18(25)7-6-14-10-21-17(11-20-14)22-16-5-3-9-23(13-16)12-15-4-1-2-8-19-15/h1-2,4,6-8,10-11,16H,3,5,9,12-13H2,(H,21,22)(H,24,25)/t16-/m1/s1. The van der Waals surface area contributed by atoms with E-state index in [1.807, 2.05) is 24.4 Å². The van der Waals surface area contributed by atoms with Gasteiger partial charge in [-0.15, -0.1) is 0 Å². The lowest BCUT2D eigenvalue weighted by Gasteiger charge is -2.33. The lowest BCUT2D eigenvalue weighted by Crippen LogP contribution is -2.41. The number of pyridine rings is 1. The number of likely N-dealkylation sites (tertiary alicyclic amines) is 1. The van der Waals surface area contributed by atoms with Crippen molar-refractivity contribution in [2.45, 2.75) is 25.4 Å². The summed E-state index contributed by atoms with van der Waals surface area (Å²) in [5.41, 5.74) is 1.60. The molecule has 1 atom stereocenters. The number of aliphatic carboxylic acids is 1. The van der Waals surface area contributed by atoms with Crippen LogP contribution < -0.4 is 5.32 Å². The van der Waals surface area contributed by atoms with Gasteiger partial charge in [-0.2, -0.15) is 0 Å². The average molecular weight is 339 g/mol. The third-order valence-electron chi connectivity index (χ3n) is 4.04. The molecule has 25 heavy (non-hydrogen) atoms. The van der Waals surface area contributed by atoms with E-state index >= 15 is 0 Å². The molecule has 2 aromatic heterocycles. The van der Waals surface area contributed by atoms with E-state index in [4.69, 9.17) is 5.11 Å². The molecule has 3 heterocycles. The number of hydrogen-bond donors (Lipinski definition) is 2. The smallest absolute Gasteiger partial charge is 0.328 e. The van der Waals surface area contributed by atoms with Gasteiger partial charge >= 0.3 is 5.97 Å². The lowest BCUT2D eigenvalue weighted by molar-refractivity contribution is -0.131. The van der Waals surface area contributed by atoms with Gasteiger partial charge in [-0.1, -0.05) is 6.07 Å². The first kappa shape index (κ1) is 17.0. The molecule has 7 nitrogen and oxygen atoms in total. The van der Waals surface area contributed by atoms with Gasteiger partial charge in [0.1, 0.15) is 5.82 Å². The van der Waals surface area contributed by atoms with E-state index in [2.05, 4.69) is 25.2 Å². The molecule has 0 aliphatic carbocycles. The first-order valence-corrected chi connectivity index (χ1v) is 8.31. The van der Waals surface area contributed by atoms with Crippen LogP contribution in [0, 0.1) is 0 Å². The molecule has 1 saturated heterocycles. The molecule has 1 fully saturated rings. The molecular weight excluding hydrogens is 318 g/mol. The van der Waals surface area contributed by atoms with Crippen molar-refractivity contribution in [3.8, 4) is 0 Å². The average Bonchev–Trinajstić information content (AvgIpc) is 2.62. The summed E-state index contributed by atoms with van der Waals surface area (Å²) in [4.78, 5) is 25.8. The number of nitrogens with zero attached hydrogens (tertiary/aromatic N) is 4. The van der Waals surface area contributed by atoms with Gasteiger partial charge in [0.15, 0.2) is 0 Å². The zero-order valence-corrected chi connectivity index (χ0v) is 13.9. The van der Waals surface area contributed by atoms with Crippen LogP contribution >= 0.6 is 0 Å².